The minimum Gasteiger partial charge on any atom is -0.508 e. The number of para-hydroxylation sites is 1. The number of ether oxygens (including phenoxy) is 1. The number of aliphatic hydroxyl groups is 1. The summed E-state index contributed by atoms with van der Waals surface area (Å²) in [5, 5.41) is 26.0. The minimum absolute atomic E-state index is 0.0569. The first-order valence-electron chi connectivity index (χ1n) is 7.73. The lowest BCUT2D eigenvalue weighted by atomic mass is 10.1. The average molecular weight is 306 g/mol. The van der Waals surface area contributed by atoms with E-state index in [2.05, 4.69) is 10.6 Å². The minimum atomic E-state index is -0.676. The zero-order chi connectivity index (χ0) is 15.5. The number of nitrogens with one attached hydrogen (secondary N) is 2. The molecule has 120 valence electrons. The number of phenolic OH excluding ortho intramolecular Hbond substituents is 1. The van der Waals surface area contributed by atoms with Gasteiger partial charge in [0, 0.05) is 24.6 Å². The Morgan fingerprint density at radius 2 is 2.09 bits per heavy atom. The summed E-state index contributed by atoms with van der Waals surface area (Å²) in [7, 11) is 0. The Labute approximate surface area is 129 Å². The fourth-order valence-electron chi connectivity index (χ4n) is 2.64. The van der Waals surface area contributed by atoms with Crippen LogP contribution < -0.4 is 10.6 Å². The van der Waals surface area contributed by atoms with Crippen LogP contribution in [0, 0.1) is 5.92 Å². The third-order valence-corrected chi connectivity index (χ3v) is 4.25. The van der Waals surface area contributed by atoms with Gasteiger partial charge >= 0.3 is 0 Å². The highest BCUT2D eigenvalue weighted by atomic mass is 16.5. The fraction of sp³-hybridized carbons (Fsp3) is 0.562. The number of benzene rings is 1. The van der Waals surface area contributed by atoms with Gasteiger partial charge < -0.3 is 25.6 Å². The Bertz CT molecular complexity index is 533. The summed E-state index contributed by atoms with van der Waals surface area (Å²) in [4.78, 5) is 11.6. The normalized spacial score (nSPS) is 27.8. The van der Waals surface area contributed by atoms with Crippen LogP contribution in [0.1, 0.15) is 18.4 Å². The van der Waals surface area contributed by atoms with Crippen LogP contribution in [0.3, 0.4) is 0 Å². The van der Waals surface area contributed by atoms with Crippen LogP contribution in [0.15, 0.2) is 24.3 Å². The van der Waals surface area contributed by atoms with Crippen LogP contribution >= 0.6 is 0 Å². The molecule has 6 nitrogen and oxygen atoms in total. The highest BCUT2D eigenvalue weighted by molar-refractivity contribution is 5.80. The molecule has 1 amide bonds. The van der Waals surface area contributed by atoms with Crippen molar-refractivity contribution in [3.63, 3.8) is 0 Å². The summed E-state index contributed by atoms with van der Waals surface area (Å²) in [6.07, 6.45) is 0.866. The van der Waals surface area contributed by atoms with Gasteiger partial charge in [0.15, 0.2) is 0 Å². The summed E-state index contributed by atoms with van der Waals surface area (Å²) in [5.41, 5.74) is 0.778. The quantitative estimate of drug-likeness (QED) is 0.600. The van der Waals surface area contributed by atoms with Crippen LogP contribution in [-0.2, 0) is 16.1 Å². The van der Waals surface area contributed by atoms with E-state index in [0.29, 0.717) is 19.7 Å². The van der Waals surface area contributed by atoms with Gasteiger partial charge in [0.25, 0.3) is 0 Å². The van der Waals surface area contributed by atoms with Gasteiger partial charge in [-0.3, -0.25) is 4.79 Å². The first-order chi connectivity index (χ1) is 10.6. The topological polar surface area (TPSA) is 90.8 Å². The molecule has 0 bridgehead atoms. The molecule has 4 N–H and O–H groups in total. The van der Waals surface area contributed by atoms with Crippen molar-refractivity contribution in [1.29, 1.82) is 0 Å². The first-order valence-corrected chi connectivity index (χ1v) is 7.73. The van der Waals surface area contributed by atoms with Gasteiger partial charge in [0.2, 0.25) is 5.91 Å². The largest absolute Gasteiger partial charge is 0.508 e. The van der Waals surface area contributed by atoms with Crippen molar-refractivity contribution in [3.8, 4) is 5.75 Å². The molecule has 1 aliphatic carbocycles. The third-order valence-electron chi connectivity index (χ3n) is 4.25. The van der Waals surface area contributed by atoms with Gasteiger partial charge in [-0.05, 0) is 18.9 Å². The van der Waals surface area contributed by atoms with E-state index >= 15 is 0 Å². The lowest BCUT2D eigenvalue weighted by Crippen LogP contribution is -2.44. The molecule has 6 heteroatoms. The van der Waals surface area contributed by atoms with E-state index in [-0.39, 0.29) is 29.7 Å². The monoisotopic (exact) mass is 306 g/mol. The molecule has 1 aliphatic heterocycles. The van der Waals surface area contributed by atoms with E-state index < -0.39 is 6.10 Å². The molecule has 0 radical (unpaired) electrons. The SMILES string of the molecule is O=C(NC[C@H]1OC[C@@H](NCc2ccccc2O)[C@@H]1O)C1CC1. The zero-order valence-corrected chi connectivity index (χ0v) is 12.4. The molecule has 2 aliphatic rings. The number of carbonyl (C=O) groups excluding carboxylic acids is 1. The van der Waals surface area contributed by atoms with Gasteiger partial charge in [-0.1, -0.05) is 18.2 Å². The standard InChI is InChI=1S/C16H22N2O4/c19-13-4-2-1-3-11(13)7-17-12-9-22-14(15(12)20)8-18-16(21)10-5-6-10/h1-4,10,12,14-15,17,19-20H,5-9H2,(H,18,21)/t12-,14-,15+/m1/s1. The van der Waals surface area contributed by atoms with E-state index in [9.17, 15) is 15.0 Å². The van der Waals surface area contributed by atoms with Gasteiger partial charge in [-0.25, -0.2) is 0 Å². The summed E-state index contributed by atoms with van der Waals surface area (Å²) < 4.78 is 5.56. The Balaban J connectivity index is 1.45. The van der Waals surface area contributed by atoms with E-state index in [0.717, 1.165) is 18.4 Å². The van der Waals surface area contributed by atoms with Gasteiger partial charge in [-0.15, -0.1) is 0 Å². The number of phenols is 1. The molecule has 1 aromatic carbocycles. The number of rotatable bonds is 6. The predicted octanol–water partition coefficient (Wildman–Crippen LogP) is 0.136. The molecule has 2 fully saturated rings. The van der Waals surface area contributed by atoms with Gasteiger partial charge in [0.05, 0.1) is 18.8 Å². The highest BCUT2D eigenvalue weighted by Gasteiger charge is 2.37. The zero-order valence-electron chi connectivity index (χ0n) is 12.4. The van der Waals surface area contributed by atoms with Gasteiger partial charge in [0.1, 0.15) is 11.9 Å². The van der Waals surface area contributed by atoms with Crippen molar-refractivity contribution in [3.05, 3.63) is 29.8 Å². The Kier molecular flexibility index (Phi) is 4.61. The molecule has 3 atom stereocenters. The Morgan fingerprint density at radius 1 is 1.32 bits per heavy atom. The average Bonchev–Trinajstić information content (AvgIpc) is 3.30. The Morgan fingerprint density at radius 3 is 2.82 bits per heavy atom. The van der Waals surface area contributed by atoms with Crippen LogP contribution in [0.5, 0.6) is 5.75 Å². The van der Waals surface area contributed by atoms with Crippen molar-refractivity contribution >= 4 is 5.91 Å². The van der Waals surface area contributed by atoms with Crippen LogP contribution in [-0.4, -0.2) is 47.5 Å². The summed E-state index contributed by atoms with van der Waals surface area (Å²) in [5.74, 6) is 0.451. The molecular formula is C16H22N2O4. The van der Waals surface area contributed by atoms with E-state index in [4.69, 9.17) is 4.74 Å². The maximum Gasteiger partial charge on any atom is 0.223 e. The van der Waals surface area contributed by atoms with Crippen molar-refractivity contribution in [1.82, 2.24) is 10.6 Å². The lowest BCUT2D eigenvalue weighted by Gasteiger charge is -2.19. The van der Waals surface area contributed by atoms with Gasteiger partial charge in [-0.2, -0.15) is 0 Å². The van der Waals surface area contributed by atoms with Crippen LogP contribution in [0.2, 0.25) is 0 Å². The molecule has 1 aromatic rings. The number of hydrogen-bond donors (Lipinski definition) is 4. The van der Waals surface area contributed by atoms with Crippen molar-refractivity contribution in [2.24, 2.45) is 5.92 Å². The molecule has 1 saturated heterocycles. The van der Waals surface area contributed by atoms with Crippen molar-refractivity contribution < 1.29 is 19.7 Å². The molecule has 1 heterocycles. The Hall–Kier alpha value is -1.63. The second-order valence-corrected chi connectivity index (χ2v) is 6.00. The van der Waals surface area contributed by atoms with Crippen LogP contribution in [0.25, 0.3) is 0 Å². The number of aromatic hydroxyl groups is 1. The van der Waals surface area contributed by atoms with E-state index in [1.165, 1.54) is 0 Å². The molecule has 0 aromatic heterocycles. The summed E-state index contributed by atoms with van der Waals surface area (Å²) in [6, 6.07) is 6.88. The number of hydrogen-bond acceptors (Lipinski definition) is 5. The lowest BCUT2D eigenvalue weighted by molar-refractivity contribution is -0.123. The molecule has 0 spiro atoms. The van der Waals surface area contributed by atoms with Crippen molar-refractivity contribution in [2.75, 3.05) is 13.2 Å². The number of amides is 1. The first kappa shape index (κ1) is 15.3. The summed E-state index contributed by atoms with van der Waals surface area (Å²) in [6.45, 7) is 1.18. The van der Waals surface area contributed by atoms with E-state index in [1.54, 1.807) is 12.1 Å². The fourth-order valence-corrected chi connectivity index (χ4v) is 2.64. The maximum absolute atomic E-state index is 11.6. The molecule has 0 unspecified atom stereocenters. The van der Waals surface area contributed by atoms with E-state index in [1.807, 2.05) is 12.1 Å². The molecular weight excluding hydrogens is 284 g/mol. The second kappa shape index (κ2) is 6.64. The molecule has 3 rings (SSSR count). The maximum atomic E-state index is 11.6. The van der Waals surface area contributed by atoms with Crippen molar-refractivity contribution in [2.45, 2.75) is 37.6 Å². The predicted molar refractivity (Wildman–Crippen MR) is 80.2 cm³/mol. The number of aliphatic hydroxyl groups excluding tert-OH is 1. The second-order valence-electron chi connectivity index (χ2n) is 6.00. The smallest absolute Gasteiger partial charge is 0.223 e. The number of carbonyl (C=O) groups is 1. The molecule has 22 heavy (non-hydrogen) atoms. The van der Waals surface area contributed by atoms with Crippen LogP contribution in [0.4, 0.5) is 0 Å². The molecule has 1 saturated carbocycles. The summed E-state index contributed by atoms with van der Waals surface area (Å²) >= 11 is 0. The third kappa shape index (κ3) is 3.58. The highest BCUT2D eigenvalue weighted by Crippen LogP contribution is 2.28.